The van der Waals surface area contributed by atoms with Crippen molar-refractivity contribution >= 4 is 22.5 Å². The van der Waals surface area contributed by atoms with Gasteiger partial charge in [0.25, 0.3) is 11.5 Å². The van der Waals surface area contributed by atoms with Gasteiger partial charge in [-0.05, 0) is 24.0 Å². The van der Waals surface area contributed by atoms with E-state index in [0.29, 0.717) is 30.4 Å². The Morgan fingerprint density at radius 2 is 1.76 bits per heavy atom. The third-order valence-corrected chi connectivity index (χ3v) is 4.03. The fraction of sp³-hybridized carbons (Fsp3) is 0.421. The van der Waals surface area contributed by atoms with Gasteiger partial charge in [-0.1, -0.05) is 39.8 Å². The fourth-order valence-corrected chi connectivity index (χ4v) is 2.88. The molecule has 6 nitrogen and oxygen atoms in total. The predicted octanol–water partition coefficient (Wildman–Crippen LogP) is 2.69. The molecule has 0 saturated carbocycles. The van der Waals surface area contributed by atoms with Crippen LogP contribution in [0.3, 0.4) is 0 Å². The second-order valence-corrected chi connectivity index (χ2v) is 7.23. The van der Waals surface area contributed by atoms with Crippen LogP contribution in [-0.2, 0) is 6.54 Å². The molecule has 0 bridgehead atoms. The van der Waals surface area contributed by atoms with Crippen LogP contribution in [0.15, 0.2) is 35.1 Å². The molecule has 0 unspecified atom stereocenters. The van der Waals surface area contributed by atoms with Gasteiger partial charge < -0.3 is 9.88 Å². The van der Waals surface area contributed by atoms with Gasteiger partial charge in [0.15, 0.2) is 5.69 Å². The molecule has 0 aliphatic carbocycles. The molecule has 25 heavy (non-hydrogen) atoms. The molecular weight excluding hydrogens is 316 g/mol. The lowest BCUT2D eigenvalue weighted by molar-refractivity contribution is 0.0944. The summed E-state index contributed by atoms with van der Waals surface area (Å²) in [4.78, 5) is 25.3. The van der Waals surface area contributed by atoms with Crippen molar-refractivity contribution in [3.8, 4) is 0 Å². The molecule has 6 heteroatoms. The van der Waals surface area contributed by atoms with Crippen molar-refractivity contribution in [2.75, 3.05) is 6.54 Å². The maximum absolute atomic E-state index is 13.0. The molecule has 0 radical (unpaired) electrons. The summed E-state index contributed by atoms with van der Waals surface area (Å²) in [6.07, 6.45) is 0. The molecule has 1 N–H and O–H groups in total. The first-order valence-electron chi connectivity index (χ1n) is 8.68. The molecule has 0 spiro atoms. The molecule has 0 aliphatic heterocycles. The van der Waals surface area contributed by atoms with E-state index < -0.39 is 0 Å². The van der Waals surface area contributed by atoms with Crippen LogP contribution in [0.1, 0.15) is 38.2 Å². The van der Waals surface area contributed by atoms with Crippen LogP contribution in [0, 0.1) is 11.8 Å². The SMILES string of the molecule is CC(C)CNC(=O)c1cc2c(=O)n(CC(C)C)c3ccccc3n2n1. The van der Waals surface area contributed by atoms with Gasteiger partial charge >= 0.3 is 0 Å². The van der Waals surface area contributed by atoms with E-state index in [0.717, 1.165) is 11.0 Å². The maximum atomic E-state index is 13.0. The number of nitrogens with zero attached hydrogens (tertiary/aromatic N) is 3. The average molecular weight is 340 g/mol. The molecule has 1 amide bonds. The van der Waals surface area contributed by atoms with Crippen molar-refractivity contribution < 1.29 is 4.79 Å². The Bertz CT molecular complexity index is 982. The summed E-state index contributed by atoms with van der Waals surface area (Å²) >= 11 is 0. The van der Waals surface area contributed by atoms with Crippen LogP contribution in [0.2, 0.25) is 0 Å². The van der Waals surface area contributed by atoms with Gasteiger partial charge in [0, 0.05) is 19.2 Å². The van der Waals surface area contributed by atoms with E-state index in [-0.39, 0.29) is 17.2 Å². The molecule has 0 atom stereocenters. The zero-order chi connectivity index (χ0) is 18.1. The van der Waals surface area contributed by atoms with Gasteiger partial charge in [-0.3, -0.25) is 9.59 Å². The Kier molecular flexibility index (Phi) is 4.61. The molecule has 2 aromatic heterocycles. The van der Waals surface area contributed by atoms with Gasteiger partial charge in [0.05, 0.1) is 11.0 Å². The lowest BCUT2D eigenvalue weighted by Crippen LogP contribution is -2.27. The molecular formula is C19H24N4O2. The number of nitrogens with one attached hydrogen (secondary N) is 1. The van der Waals surface area contributed by atoms with Gasteiger partial charge in [-0.25, -0.2) is 4.52 Å². The first kappa shape index (κ1) is 17.2. The molecule has 2 heterocycles. The number of amides is 1. The van der Waals surface area contributed by atoms with Crippen LogP contribution >= 0.6 is 0 Å². The Morgan fingerprint density at radius 1 is 1.08 bits per heavy atom. The van der Waals surface area contributed by atoms with E-state index >= 15 is 0 Å². The van der Waals surface area contributed by atoms with E-state index in [9.17, 15) is 9.59 Å². The Hall–Kier alpha value is -2.63. The molecule has 1 aromatic carbocycles. The van der Waals surface area contributed by atoms with Crippen LogP contribution < -0.4 is 10.9 Å². The third-order valence-electron chi connectivity index (χ3n) is 4.03. The number of carbonyl (C=O) groups excluding carboxylic acids is 1. The lowest BCUT2D eigenvalue weighted by atomic mass is 10.2. The largest absolute Gasteiger partial charge is 0.350 e. The smallest absolute Gasteiger partial charge is 0.277 e. The minimum atomic E-state index is -0.253. The number of hydrogen-bond donors (Lipinski definition) is 1. The highest BCUT2D eigenvalue weighted by atomic mass is 16.2. The summed E-state index contributed by atoms with van der Waals surface area (Å²) in [6, 6.07) is 9.23. The van der Waals surface area contributed by atoms with Crippen molar-refractivity contribution in [2.24, 2.45) is 11.8 Å². The Morgan fingerprint density at radius 3 is 2.40 bits per heavy atom. The molecule has 0 aliphatic rings. The van der Waals surface area contributed by atoms with E-state index in [1.807, 2.05) is 38.1 Å². The van der Waals surface area contributed by atoms with Crippen LogP contribution in [-0.4, -0.2) is 26.6 Å². The zero-order valence-electron chi connectivity index (χ0n) is 15.1. The van der Waals surface area contributed by atoms with Crippen LogP contribution in [0.4, 0.5) is 0 Å². The molecule has 3 rings (SSSR count). The summed E-state index contributed by atoms with van der Waals surface area (Å²) in [5.41, 5.74) is 2.22. The summed E-state index contributed by atoms with van der Waals surface area (Å²) < 4.78 is 3.35. The second kappa shape index (κ2) is 6.70. The summed E-state index contributed by atoms with van der Waals surface area (Å²) in [6.45, 7) is 9.41. The van der Waals surface area contributed by atoms with Crippen LogP contribution in [0.25, 0.3) is 16.6 Å². The Balaban J connectivity index is 2.18. The summed E-state index contributed by atoms with van der Waals surface area (Å²) in [7, 11) is 0. The minimum absolute atomic E-state index is 0.122. The average Bonchev–Trinajstić information content (AvgIpc) is 3.02. The van der Waals surface area contributed by atoms with Crippen molar-refractivity contribution in [2.45, 2.75) is 34.2 Å². The molecule has 0 fully saturated rings. The summed E-state index contributed by atoms with van der Waals surface area (Å²) in [5.74, 6) is 0.432. The number of hydrogen-bond acceptors (Lipinski definition) is 3. The van der Waals surface area contributed by atoms with Crippen molar-refractivity contribution in [3.63, 3.8) is 0 Å². The topological polar surface area (TPSA) is 68.4 Å². The number of aromatic nitrogens is 3. The lowest BCUT2D eigenvalue weighted by Gasteiger charge is -2.13. The fourth-order valence-electron chi connectivity index (χ4n) is 2.88. The van der Waals surface area contributed by atoms with E-state index in [1.54, 1.807) is 15.1 Å². The van der Waals surface area contributed by atoms with Crippen molar-refractivity contribution in [1.82, 2.24) is 19.5 Å². The van der Waals surface area contributed by atoms with Gasteiger partial charge in [0.1, 0.15) is 5.52 Å². The summed E-state index contributed by atoms with van der Waals surface area (Å²) in [5, 5.41) is 7.24. The highest BCUT2D eigenvalue weighted by Gasteiger charge is 2.17. The number of benzene rings is 1. The number of fused-ring (bicyclic) bond motifs is 3. The van der Waals surface area contributed by atoms with E-state index in [1.165, 1.54) is 0 Å². The first-order chi connectivity index (χ1) is 11.9. The monoisotopic (exact) mass is 340 g/mol. The maximum Gasteiger partial charge on any atom is 0.277 e. The van der Waals surface area contributed by atoms with E-state index in [2.05, 4.69) is 24.3 Å². The molecule has 3 aromatic rings. The van der Waals surface area contributed by atoms with Gasteiger partial charge in [-0.2, -0.15) is 5.10 Å². The van der Waals surface area contributed by atoms with Gasteiger partial charge in [0.2, 0.25) is 0 Å². The zero-order valence-corrected chi connectivity index (χ0v) is 15.1. The molecule has 0 saturated heterocycles. The molecule has 132 valence electrons. The normalized spacial score (nSPS) is 11.8. The van der Waals surface area contributed by atoms with Crippen molar-refractivity contribution in [1.29, 1.82) is 0 Å². The van der Waals surface area contributed by atoms with Gasteiger partial charge in [-0.15, -0.1) is 0 Å². The standard InChI is InChI=1S/C19H24N4O2/c1-12(2)10-20-18(24)14-9-17-19(25)22(11-13(3)4)15-7-5-6-8-16(15)23(17)21-14/h5-9,12-13H,10-11H2,1-4H3,(H,20,24). The number of para-hydroxylation sites is 2. The second-order valence-electron chi connectivity index (χ2n) is 7.23. The highest BCUT2D eigenvalue weighted by Crippen LogP contribution is 2.16. The Labute approximate surface area is 146 Å². The number of rotatable bonds is 5. The van der Waals surface area contributed by atoms with Crippen LogP contribution in [0.5, 0.6) is 0 Å². The highest BCUT2D eigenvalue weighted by molar-refractivity contribution is 5.94. The third kappa shape index (κ3) is 3.29. The number of carbonyl (C=O) groups is 1. The quantitative estimate of drug-likeness (QED) is 0.776. The minimum Gasteiger partial charge on any atom is -0.350 e. The van der Waals surface area contributed by atoms with Crippen molar-refractivity contribution in [3.05, 3.63) is 46.4 Å². The first-order valence-corrected chi connectivity index (χ1v) is 8.68. The van der Waals surface area contributed by atoms with E-state index in [4.69, 9.17) is 0 Å². The predicted molar refractivity (Wildman–Crippen MR) is 99.0 cm³/mol.